The lowest BCUT2D eigenvalue weighted by Gasteiger charge is -2.40. The molecule has 3 atom stereocenters. The van der Waals surface area contributed by atoms with E-state index in [0.29, 0.717) is 29.2 Å². The fraction of sp³-hybridized carbons (Fsp3) is 0.457. The van der Waals surface area contributed by atoms with Gasteiger partial charge in [0, 0.05) is 51.6 Å². The van der Waals surface area contributed by atoms with Crippen LogP contribution in [0.25, 0.3) is 33.3 Å². The number of amides is 2. The van der Waals surface area contributed by atoms with Gasteiger partial charge in [-0.25, -0.2) is 4.79 Å². The van der Waals surface area contributed by atoms with Crippen LogP contribution in [0.4, 0.5) is 4.79 Å². The van der Waals surface area contributed by atoms with Crippen molar-refractivity contribution in [3.05, 3.63) is 59.2 Å². The van der Waals surface area contributed by atoms with Gasteiger partial charge >= 0.3 is 6.09 Å². The molecule has 4 aromatic rings. The summed E-state index contributed by atoms with van der Waals surface area (Å²) in [5.41, 5.74) is 4.41. The first-order valence-electron chi connectivity index (χ1n) is 15.4. The molecule has 1 N–H and O–H groups in total. The molecule has 2 saturated carbocycles. The molecule has 43 heavy (non-hydrogen) atoms. The molecular formula is C35H39N3O5. The molecule has 224 valence electrons. The normalized spacial score (nSPS) is 21.7. The van der Waals surface area contributed by atoms with Crippen molar-refractivity contribution < 1.29 is 23.9 Å². The Morgan fingerprint density at radius 3 is 2.42 bits per heavy atom. The van der Waals surface area contributed by atoms with Gasteiger partial charge < -0.3 is 19.0 Å². The Labute approximate surface area is 251 Å². The molecule has 8 nitrogen and oxygen atoms in total. The van der Waals surface area contributed by atoms with Gasteiger partial charge in [-0.15, -0.1) is 0 Å². The number of nitrogens with zero attached hydrogens (tertiary/aromatic N) is 3. The number of aryl methyl sites for hydroxylation is 1. The maximum atomic E-state index is 13.9. The van der Waals surface area contributed by atoms with Gasteiger partial charge in [0.15, 0.2) is 11.5 Å². The SMILES string of the molecule is CC(=O)c1ccc2cc(-c3oc4cc(C(=O)N5CC6CCC5[C@@H]6N(C(=O)O)C(C)(C)C)ccc4c3C)n(CC3CC3)c2c1. The molecule has 0 spiro atoms. The summed E-state index contributed by atoms with van der Waals surface area (Å²) >= 11 is 0. The number of carboxylic acid groups (broad SMARTS) is 1. The summed E-state index contributed by atoms with van der Waals surface area (Å²) in [7, 11) is 0. The van der Waals surface area contributed by atoms with E-state index in [4.69, 9.17) is 4.42 Å². The zero-order chi connectivity index (χ0) is 30.4. The molecule has 0 radical (unpaired) electrons. The van der Waals surface area contributed by atoms with Gasteiger partial charge in [-0.2, -0.15) is 0 Å². The minimum absolute atomic E-state index is 0.0476. The number of piperidine rings is 1. The molecule has 2 amide bonds. The summed E-state index contributed by atoms with van der Waals surface area (Å²) in [5, 5.41) is 12.1. The van der Waals surface area contributed by atoms with Crippen molar-refractivity contribution in [1.82, 2.24) is 14.4 Å². The molecule has 1 aliphatic heterocycles. The lowest BCUT2D eigenvalue weighted by Crippen LogP contribution is -2.55. The number of aromatic nitrogens is 1. The van der Waals surface area contributed by atoms with Crippen LogP contribution in [0.5, 0.6) is 0 Å². The number of ketones is 1. The number of benzene rings is 2. The van der Waals surface area contributed by atoms with Crippen LogP contribution < -0.4 is 0 Å². The van der Waals surface area contributed by atoms with Gasteiger partial charge in [-0.1, -0.05) is 18.2 Å². The summed E-state index contributed by atoms with van der Waals surface area (Å²) in [6.45, 7) is 10.9. The van der Waals surface area contributed by atoms with E-state index in [1.165, 1.54) is 12.8 Å². The van der Waals surface area contributed by atoms with E-state index in [1.807, 2.05) is 62.1 Å². The van der Waals surface area contributed by atoms with E-state index in [-0.39, 0.29) is 29.7 Å². The van der Waals surface area contributed by atoms with Crippen molar-refractivity contribution in [3.8, 4) is 11.5 Å². The molecular weight excluding hydrogens is 542 g/mol. The third-order valence-corrected chi connectivity index (χ3v) is 9.90. The standard InChI is InChI=1S/C35H39N3O5/c1-19-26-12-10-24(33(40)37-18-25-11-13-27(37)31(25)38(34(41)42)35(3,4)5)16-30(26)43-32(19)29-15-23-9-8-22(20(2)39)14-28(23)36(29)17-21-6-7-21/h8-10,12,14-16,21,25,27,31H,6-7,11,13,17-18H2,1-5H3,(H,41,42)/t25?,27?,31-/m1/s1. The van der Waals surface area contributed by atoms with Gasteiger partial charge in [0.2, 0.25) is 0 Å². The third kappa shape index (κ3) is 4.53. The van der Waals surface area contributed by atoms with E-state index >= 15 is 0 Å². The zero-order valence-electron chi connectivity index (χ0n) is 25.5. The van der Waals surface area contributed by atoms with Crippen molar-refractivity contribution in [1.29, 1.82) is 0 Å². The Morgan fingerprint density at radius 1 is 1.00 bits per heavy atom. The Morgan fingerprint density at radius 2 is 1.74 bits per heavy atom. The summed E-state index contributed by atoms with van der Waals surface area (Å²) in [6, 6.07) is 13.4. The molecule has 1 saturated heterocycles. The highest BCUT2D eigenvalue weighted by Gasteiger charge is 2.54. The molecule has 3 fully saturated rings. The van der Waals surface area contributed by atoms with Gasteiger partial charge in [-0.3, -0.25) is 14.5 Å². The summed E-state index contributed by atoms with van der Waals surface area (Å²) in [6.07, 6.45) is 3.22. The number of likely N-dealkylation sites (tertiary alicyclic amines) is 1. The van der Waals surface area contributed by atoms with Crippen LogP contribution in [0.3, 0.4) is 0 Å². The van der Waals surface area contributed by atoms with E-state index in [2.05, 4.69) is 17.6 Å². The Balaban J connectivity index is 1.24. The van der Waals surface area contributed by atoms with Crippen LogP contribution in [-0.4, -0.2) is 61.4 Å². The fourth-order valence-corrected chi connectivity index (χ4v) is 7.63. The fourth-order valence-electron chi connectivity index (χ4n) is 7.63. The highest BCUT2D eigenvalue weighted by atomic mass is 16.4. The maximum Gasteiger partial charge on any atom is 0.408 e. The van der Waals surface area contributed by atoms with Crippen LogP contribution in [0.2, 0.25) is 0 Å². The average Bonchev–Trinajstić information content (AvgIpc) is 3.28. The van der Waals surface area contributed by atoms with Crippen LogP contribution in [0, 0.1) is 18.8 Å². The molecule has 2 aromatic heterocycles. The number of Topliss-reactive ketones (excluding diaryl/α,β-unsaturated/α-hetero) is 1. The number of hydrogen-bond donors (Lipinski definition) is 1. The molecule has 3 heterocycles. The van der Waals surface area contributed by atoms with Gasteiger partial charge in [0.1, 0.15) is 5.58 Å². The third-order valence-electron chi connectivity index (χ3n) is 9.90. The minimum Gasteiger partial charge on any atom is -0.465 e. The monoisotopic (exact) mass is 581 g/mol. The Bertz CT molecular complexity index is 1800. The van der Waals surface area contributed by atoms with Crippen molar-refractivity contribution in [2.24, 2.45) is 11.8 Å². The first-order chi connectivity index (χ1) is 20.4. The highest BCUT2D eigenvalue weighted by Crippen LogP contribution is 2.44. The second kappa shape index (κ2) is 9.73. The number of furan rings is 1. The van der Waals surface area contributed by atoms with Crippen molar-refractivity contribution in [3.63, 3.8) is 0 Å². The smallest absolute Gasteiger partial charge is 0.408 e. The number of fused-ring (bicyclic) bond motifs is 4. The van der Waals surface area contributed by atoms with Crippen LogP contribution in [0.1, 0.15) is 79.7 Å². The average molecular weight is 582 g/mol. The van der Waals surface area contributed by atoms with Gasteiger partial charge in [-0.05, 0) is 96.4 Å². The molecule has 2 bridgehead atoms. The summed E-state index contributed by atoms with van der Waals surface area (Å²) in [4.78, 5) is 41.8. The zero-order valence-corrected chi connectivity index (χ0v) is 25.5. The van der Waals surface area contributed by atoms with Crippen LogP contribution in [0.15, 0.2) is 46.9 Å². The van der Waals surface area contributed by atoms with Crippen LogP contribution >= 0.6 is 0 Å². The maximum absolute atomic E-state index is 13.9. The molecule has 2 unspecified atom stereocenters. The minimum atomic E-state index is -0.930. The van der Waals surface area contributed by atoms with Gasteiger partial charge in [0.05, 0.1) is 17.8 Å². The summed E-state index contributed by atoms with van der Waals surface area (Å²) < 4.78 is 8.83. The largest absolute Gasteiger partial charge is 0.465 e. The predicted molar refractivity (Wildman–Crippen MR) is 166 cm³/mol. The first kappa shape index (κ1) is 27.7. The second-order valence-electron chi connectivity index (χ2n) is 13.9. The van der Waals surface area contributed by atoms with Crippen molar-refractivity contribution in [2.45, 2.75) is 84.5 Å². The number of rotatable bonds is 6. The van der Waals surface area contributed by atoms with E-state index in [9.17, 15) is 19.5 Å². The lowest BCUT2D eigenvalue weighted by atomic mass is 9.98. The molecule has 3 aliphatic rings. The predicted octanol–water partition coefficient (Wildman–Crippen LogP) is 7.36. The van der Waals surface area contributed by atoms with E-state index < -0.39 is 11.6 Å². The number of carbonyl (C=O) groups excluding carboxylic acids is 2. The first-order valence-corrected chi connectivity index (χ1v) is 15.4. The van der Waals surface area contributed by atoms with E-state index in [0.717, 1.165) is 52.7 Å². The molecule has 2 aliphatic carbocycles. The van der Waals surface area contributed by atoms with Crippen LogP contribution in [-0.2, 0) is 6.54 Å². The van der Waals surface area contributed by atoms with Gasteiger partial charge in [0.25, 0.3) is 5.91 Å². The van der Waals surface area contributed by atoms with E-state index in [1.54, 1.807) is 11.8 Å². The Hall–Kier alpha value is -4.07. The molecule has 2 aromatic carbocycles. The topological polar surface area (TPSA) is 96.0 Å². The highest BCUT2D eigenvalue weighted by molar-refractivity contribution is 6.01. The Kier molecular flexibility index (Phi) is 6.28. The number of carbonyl (C=O) groups is 3. The number of hydrogen-bond acceptors (Lipinski definition) is 4. The lowest BCUT2D eigenvalue weighted by molar-refractivity contribution is 0.0503. The molecule has 8 heteroatoms. The molecule has 7 rings (SSSR count). The second-order valence-corrected chi connectivity index (χ2v) is 13.9. The summed E-state index contributed by atoms with van der Waals surface area (Å²) in [5.74, 6) is 1.52. The van der Waals surface area contributed by atoms with Crippen molar-refractivity contribution in [2.75, 3.05) is 6.54 Å². The quantitative estimate of drug-likeness (QED) is 0.240. The van der Waals surface area contributed by atoms with Crippen molar-refractivity contribution >= 4 is 39.7 Å².